The van der Waals surface area contributed by atoms with E-state index in [2.05, 4.69) is 5.10 Å². The number of hydrogen-bond acceptors (Lipinski definition) is 6. The monoisotopic (exact) mass is 471 g/mol. The Kier molecular flexibility index (Phi) is 5.72. The van der Waals surface area contributed by atoms with Gasteiger partial charge >= 0.3 is 17.7 Å². The molecule has 0 aliphatic carbocycles. The summed E-state index contributed by atoms with van der Waals surface area (Å²) in [4.78, 5) is 51.9. The zero-order valence-electron chi connectivity index (χ0n) is 19.1. The van der Waals surface area contributed by atoms with Gasteiger partial charge in [0.15, 0.2) is 5.78 Å². The van der Waals surface area contributed by atoms with Crippen molar-refractivity contribution in [3.05, 3.63) is 58.5 Å². The largest absolute Gasteiger partial charge is 0.465 e. The number of halogens is 1. The molecule has 178 valence electrons. The van der Waals surface area contributed by atoms with Gasteiger partial charge in [0.25, 0.3) is 0 Å². The van der Waals surface area contributed by atoms with E-state index in [4.69, 9.17) is 9.47 Å². The van der Waals surface area contributed by atoms with Crippen LogP contribution in [-0.2, 0) is 9.47 Å². The van der Waals surface area contributed by atoms with Crippen LogP contribution >= 0.6 is 0 Å². The number of carbonyl (C=O) groups is 3. The standard InChI is InChI=1S/C23H24FN4O6/c1-23(2,3)34-22(31)26-10-13(11-26)19(29)17-12-27(20-15(17)7-8-25-28(20)32)18-6-5-14(24)9-16(18)21(30)33-4/h5-9,12-13H,10-11H2,1-4H3,(H,25,32)/q+1. The minimum atomic E-state index is -0.798. The van der Waals surface area contributed by atoms with Gasteiger partial charge < -0.3 is 14.4 Å². The van der Waals surface area contributed by atoms with Crippen LogP contribution in [0.15, 0.2) is 36.7 Å². The van der Waals surface area contributed by atoms with Crippen LogP contribution in [0.2, 0.25) is 0 Å². The lowest BCUT2D eigenvalue weighted by Crippen LogP contribution is -2.54. The van der Waals surface area contributed by atoms with Crippen molar-refractivity contribution in [3.63, 3.8) is 0 Å². The fourth-order valence-electron chi connectivity index (χ4n) is 3.84. The first-order valence-electron chi connectivity index (χ1n) is 10.6. The van der Waals surface area contributed by atoms with E-state index in [1.807, 2.05) is 0 Å². The minimum absolute atomic E-state index is 0.0472. The zero-order chi connectivity index (χ0) is 24.8. The molecule has 1 amide bonds. The predicted octanol–water partition coefficient (Wildman–Crippen LogP) is 2.85. The first-order chi connectivity index (χ1) is 16.0. The van der Waals surface area contributed by atoms with Crippen molar-refractivity contribution in [2.45, 2.75) is 26.4 Å². The van der Waals surface area contributed by atoms with Crippen molar-refractivity contribution < 1.29 is 32.8 Å². The molecule has 0 saturated carbocycles. The highest BCUT2D eigenvalue weighted by atomic mass is 19.1. The molecule has 1 saturated heterocycles. The molecule has 1 fully saturated rings. The number of benzene rings is 1. The van der Waals surface area contributed by atoms with Gasteiger partial charge in [0.2, 0.25) is 0 Å². The molecule has 2 aromatic heterocycles. The molecule has 1 N–H and O–H groups in total. The van der Waals surface area contributed by atoms with E-state index < -0.39 is 29.4 Å². The second-order valence-electron chi connectivity index (χ2n) is 9.01. The molecule has 3 heterocycles. The van der Waals surface area contributed by atoms with Crippen molar-refractivity contribution >= 4 is 28.9 Å². The van der Waals surface area contributed by atoms with Gasteiger partial charge in [-0.3, -0.25) is 4.79 Å². The Morgan fingerprint density at radius 2 is 1.85 bits per heavy atom. The third kappa shape index (κ3) is 4.16. The summed E-state index contributed by atoms with van der Waals surface area (Å²) in [7, 11) is 1.16. The Balaban J connectivity index is 1.72. The van der Waals surface area contributed by atoms with Crippen LogP contribution in [0.25, 0.3) is 16.7 Å². The Morgan fingerprint density at radius 1 is 1.15 bits per heavy atom. The smallest absolute Gasteiger partial charge is 0.410 e. The summed E-state index contributed by atoms with van der Waals surface area (Å²) in [6.45, 7) is 5.64. The number of H-pyrrole nitrogens is 1. The summed E-state index contributed by atoms with van der Waals surface area (Å²) in [6, 6.07) is 5.04. The number of ketones is 1. The molecule has 3 aromatic rings. The SMILES string of the molecule is COC(=O)c1cc(F)ccc1-n1cc(C(=O)C2CN(C(=O)OC(C)(C)C)C2)c2cc[nH][n+](=O)c21. The van der Waals surface area contributed by atoms with E-state index in [9.17, 15) is 23.7 Å². The van der Waals surface area contributed by atoms with Crippen molar-refractivity contribution in [3.8, 4) is 5.69 Å². The van der Waals surface area contributed by atoms with Crippen LogP contribution in [0.5, 0.6) is 0 Å². The normalized spacial score (nSPS) is 14.1. The van der Waals surface area contributed by atoms with Crippen molar-refractivity contribution in [2.75, 3.05) is 20.2 Å². The molecule has 0 bridgehead atoms. The number of amides is 1. The van der Waals surface area contributed by atoms with E-state index >= 15 is 0 Å². The van der Waals surface area contributed by atoms with Crippen LogP contribution in [0, 0.1) is 16.6 Å². The average Bonchev–Trinajstić information content (AvgIpc) is 3.11. The van der Waals surface area contributed by atoms with Crippen LogP contribution in [0.1, 0.15) is 41.5 Å². The quantitative estimate of drug-likeness (QED) is 0.355. The van der Waals surface area contributed by atoms with Gasteiger partial charge in [-0.15, -0.1) is 0 Å². The summed E-state index contributed by atoms with van der Waals surface area (Å²) >= 11 is 0. The number of esters is 1. The van der Waals surface area contributed by atoms with E-state index in [1.54, 1.807) is 26.8 Å². The minimum Gasteiger partial charge on any atom is -0.465 e. The summed E-state index contributed by atoms with van der Waals surface area (Å²) in [5.41, 5.74) is -0.300. The fourth-order valence-corrected chi connectivity index (χ4v) is 3.84. The molecular formula is C23H24FN4O6+. The predicted molar refractivity (Wildman–Crippen MR) is 118 cm³/mol. The van der Waals surface area contributed by atoms with Crippen LogP contribution < -0.4 is 4.54 Å². The molecule has 4 rings (SSSR count). The maximum Gasteiger partial charge on any atom is 0.410 e. The summed E-state index contributed by atoms with van der Waals surface area (Å²) in [5.74, 6) is -2.20. The zero-order valence-corrected chi connectivity index (χ0v) is 19.1. The maximum atomic E-state index is 13.9. The number of aromatic nitrogens is 3. The lowest BCUT2D eigenvalue weighted by Gasteiger charge is -2.38. The van der Waals surface area contributed by atoms with Crippen LogP contribution in [0.4, 0.5) is 9.18 Å². The summed E-state index contributed by atoms with van der Waals surface area (Å²) in [6.07, 6.45) is 2.32. The molecule has 0 unspecified atom stereocenters. The highest BCUT2D eigenvalue weighted by molar-refractivity contribution is 6.09. The molecular weight excluding hydrogens is 447 g/mol. The first kappa shape index (κ1) is 23.1. The molecule has 11 heteroatoms. The third-order valence-electron chi connectivity index (χ3n) is 5.44. The highest BCUT2D eigenvalue weighted by Gasteiger charge is 2.40. The van der Waals surface area contributed by atoms with Crippen LogP contribution in [0.3, 0.4) is 0 Å². The Hall–Kier alpha value is -4.02. The second kappa shape index (κ2) is 8.40. The van der Waals surface area contributed by atoms with Gasteiger partial charge in [0, 0.05) is 19.3 Å². The number of hydrogen-bond donors (Lipinski definition) is 1. The number of carbonyl (C=O) groups excluding carboxylic acids is 3. The molecule has 1 aliphatic rings. The number of nitrogens with zero attached hydrogens (tertiary/aromatic N) is 3. The Bertz CT molecular complexity index is 1360. The number of rotatable bonds is 4. The van der Waals surface area contributed by atoms with Crippen molar-refractivity contribution in [1.29, 1.82) is 0 Å². The Labute approximate surface area is 193 Å². The van der Waals surface area contributed by atoms with Gasteiger partial charge in [-0.2, -0.15) is 9.67 Å². The van der Waals surface area contributed by atoms with Crippen molar-refractivity contribution in [2.24, 2.45) is 5.92 Å². The highest BCUT2D eigenvalue weighted by Crippen LogP contribution is 2.29. The molecule has 10 nitrogen and oxygen atoms in total. The number of nitrogens with one attached hydrogen (secondary N) is 1. The number of likely N-dealkylation sites (tertiary alicyclic amines) is 1. The average molecular weight is 471 g/mol. The lowest BCUT2D eigenvalue weighted by atomic mass is 9.91. The van der Waals surface area contributed by atoms with E-state index in [0.717, 1.165) is 19.2 Å². The van der Waals surface area contributed by atoms with E-state index in [0.29, 0.717) is 9.93 Å². The van der Waals surface area contributed by atoms with E-state index in [-0.39, 0.29) is 41.3 Å². The second-order valence-corrected chi connectivity index (χ2v) is 9.01. The third-order valence-corrected chi connectivity index (χ3v) is 5.44. The fraction of sp³-hybridized carbons (Fsp3) is 0.348. The maximum absolute atomic E-state index is 13.9. The number of aromatic amines is 1. The van der Waals surface area contributed by atoms with E-state index in [1.165, 1.54) is 27.9 Å². The number of fused-ring (bicyclic) bond motifs is 1. The van der Waals surface area contributed by atoms with Gasteiger partial charge in [-0.05, 0) is 49.9 Å². The van der Waals surface area contributed by atoms with Gasteiger partial charge in [-0.25, -0.2) is 14.0 Å². The molecule has 0 spiro atoms. The Morgan fingerprint density at radius 3 is 2.50 bits per heavy atom. The summed E-state index contributed by atoms with van der Waals surface area (Å²) in [5, 5.41) is 2.82. The topological polar surface area (TPSA) is 117 Å². The molecule has 1 aliphatic heterocycles. The first-order valence-corrected chi connectivity index (χ1v) is 10.6. The van der Waals surface area contributed by atoms with Gasteiger partial charge in [0.1, 0.15) is 28.9 Å². The van der Waals surface area contributed by atoms with Gasteiger partial charge in [0.05, 0.1) is 28.5 Å². The lowest BCUT2D eigenvalue weighted by molar-refractivity contribution is -0.538. The van der Waals surface area contributed by atoms with Crippen molar-refractivity contribution in [1.82, 2.24) is 14.6 Å². The number of methoxy groups -OCH3 is 1. The molecule has 34 heavy (non-hydrogen) atoms. The molecule has 0 atom stereocenters. The van der Waals surface area contributed by atoms with Gasteiger partial charge in [-0.1, -0.05) is 0 Å². The number of ether oxygens (including phenoxy) is 2. The molecule has 1 aromatic carbocycles. The number of Topliss-reactive ketones (excluding diaryl/α,β-unsaturated/α-hetero) is 1. The van der Waals surface area contributed by atoms with Crippen LogP contribution in [-0.4, -0.2) is 58.2 Å². The molecule has 0 radical (unpaired) electrons. The summed E-state index contributed by atoms with van der Waals surface area (Å²) < 4.78 is 25.7.